The van der Waals surface area contributed by atoms with Gasteiger partial charge in [0.25, 0.3) is 0 Å². The predicted octanol–water partition coefficient (Wildman–Crippen LogP) is 4.93. The monoisotopic (exact) mass is 419 g/mol. The lowest BCUT2D eigenvalue weighted by Gasteiger charge is -2.12. The number of anilines is 1. The quantitative estimate of drug-likeness (QED) is 0.485. The van der Waals surface area contributed by atoms with Gasteiger partial charge in [-0.1, -0.05) is 0 Å². The molecule has 28 heavy (non-hydrogen) atoms. The average Bonchev–Trinajstić information content (AvgIpc) is 3.06. The van der Waals surface area contributed by atoms with E-state index in [1.807, 2.05) is 24.3 Å². The Balaban J connectivity index is 1.61. The number of carbonyl (C=O) groups is 2. The molecule has 0 saturated carbocycles. The molecule has 2 aromatic rings. The van der Waals surface area contributed by atoms with Gasteiger partial charge in [0, 0.05) is 21.9 Å². The second-order valence-corrected chi connectivity index (χ2v) is 8.73. The largest absolute Gasteiger partial charge is 0.497 e. The Morgan fingerprint density at radius 2 is 1.93 bits per heavy atom. The molecule has 0 spiro atoms. The summed E-state index contributed by atoms with van der Waals surface area (Å²) in [7, 11) is 1.64. The first-order chi connectivity index (χ1) is 13.6. The van der Waals surface area contributed by atoms with Crippen molar-refractivity contribution in [3.8, 4) is 5.75 Å². The first-order valence-corrected chi connectivity index (χ1v) is 11.3. The maximum absolute atomic E-state index is 12.5. The third kappa shape index (κ3) is 5.08. The Bertz CT molecular complexity index is 830. The summed E-state index contributed by atoms with van der Waals surface area (Å²) in [5.74, 6) is 1.07. The lowest BCUT2D eigenvalue weighted by molar-refractivity contribution is -0.115. The number of ether oxygens (including phenoxy) is 2. The molecule has 1 heterocycles. The summed E-state index contributed by atoms with van der Waals surface area (Å²) in [5, 5.41) is 3.60. The van der Waals surface area contributed by atoms with E-state index in [2.05, 4.69) is 5.32 Å². The average molecular weight is 420 g/mol. The summed E-state index contributed by atoms with van der Waals surface area (Å²) >= 11 is 3.14. The fourth-order valence-electron chi connectivity index (χ4n) is 3.20. The number of carbonyl (C=O) groups excluding carboxylic acids is 2. The van der Waals surface area contributed by atoms with Crippen LogP contribution in [0.2, 0.25) is 0 Å². The molecule has 1 aromatic carbocycles. The molecule has 7 heteroatoms. The van der Waals surface area contributed by atoms with Gasteiger partial charge in [0.05, 0.1) is 19.3 Å². The van der Waals surface area contributed by atoms with Crippen molar-refractivity contribution in [2.75, 3.05) is 24.8 Å². The zero-order valence-electron chi connectivity index (χ0n) is 16.2. The van der Waals surface area contributed by atoms with Gasteiger partial charge in [-0.15, -0.1) is 23.1 Å². The molecule has 0 saturated heterocycles. The number of benzene rings is 1. The van der Waals surface area contributed by atoms with E-state index in [0.717, 1.165) is 41.9 Å². The Kier molecular flexibility index (Phi) is 7.39. The number of thiophene rings is 1. The molecule has 1 aliphatic carbocycles. The van der Waals surface area contributed by atoms with Gasteiger partial charge in [-0.3, -0.25) is 4.79 Å². The zero-order chi connectivity index (χ0) is 19.9. The summed E-state index contributed by atoms with van der Waals surface area (Å²) in [4.78, 5) is 27.2. The maximum atomic E-state index is 12.5. The van der Waals surface area contributed by atoms with Crippen molar-refractivity contribution >= 4 is 40.0 Å². The molecule has 1 aliphatic rings. The van der Waals surface area contributed by atoms with Crippen LogP contribution >= 0.6 is 23.1 Å². The van der Waals surface area contributed by atoms with Crippen molar-refractivity contribution in [1.29, 1.82) is 0 Å². The molecule has 0 aliphatic heterocycles. The van der Waals surface area contributed by atoms with Gasteiger partial charge in [-0.2, -0.15) is 0 Å². The molecular formula is C21H25NO4S2. The van der Waals surface area contributed by atoms with Crippen LogP contribution in [0.4, 0.5) is 5.00 Å². The second-order valence-electron chi connectivity index (χ2n) is 6.46. The summed E-state index contributed by atoms with van der Waals surface area (Å²) in [6.07, 6.45) is 4.42. The molecule has 1 aromatic heterocycles. The van der Waals surface area contributed by atoms with E-state index in [1.165, 1.54) is 16.2 Å². The van der Waals surface area contributed by atoms with Gasteiger partial charge >= 0.3 is 5.97 Å². The van der Waals surface area contributed by atoms with E-state index in [-0.39, 0.29) is 11.9 Å². The number of aryl methyl sites for hydroxylation is 1. The number of thioether (sulfide) groups is 1. The smallest absolute Gasteiger partial charge is 0.341 e. The maximum Gasteiger partial charge on any atom is 0.341 e. The highest BCUT2D eigenvalue weighted by atomic mass is 32.2. The highest BCUT2D eigenvalue weighted by Crippen LogP contribution is 2.38. The minimum atomic E-state index is -0.329. The van der Waals surface area contributed by atoms with E-state index in [1.54, 1.807) is 25.8 Å². The molecule has 0 fully saturated rings. The number of esters is 1. The van der Waals surface area contributed by atoms with Gasteiger partial charge in [0.2, 0.25) is 5.91 Å². The zero-order valence-corrected chi connectivity index (χ0v) is 17.8. The van der Waals surface area contributed by atoms with Gasteiger partial charge in [0.15, 0.2) is 0 Å². The number of hydrogen-bond donors (Lipinski definition) is 1. The topological polar surface area (TPSA) is 64.6 Å². The van der Waals surface area contributed by atoms with Crippen LogP contribution in [0.25, 0.3) is 0 Å². The molecule has 150 valence electrons. The van der Waals surface area contributed by atoms with Gasteiger partial charge in [-0.05, 0) is 62.4 Å². The summed E-state index contributed by atoms with van der Waals surface area (Å²) in [6, 6.07) is 7.77. The molecule has 0 bridgehead atoms. The molecule has 1 amide bonds. The molecule has 3 rings (SSSR count). The van der Waals surface area contributed by atoms with Crippen LogP contribution in [-0.4, -0.2) is 31.3 Å². The lowest BCUT2D eigenvalue weighted by atomic mass is 9.95. The van der Waals surface area contributed by atoms with Crippen molar-refractivity contribution in [2.24, 2.45) is 0 Å². The van der Waals surface area contributed by atoms with Gasteiger partial charge in [0.1, 0.15) is 10.8 Å². The molecule has 0 radical (unpaired) electrons. The molecule has 1 N–H and O–H groups in total. The van der Waals surface area contributed by atoms with Crippen LogP contribution in [0.5, 0.6) is 5.75 Å². The van der Waals surface area contributed by atoms with Crippen LogP contribution in [0.15, 0.2) is 29.2 Å². The van der Waals surface area contributed by atoms with Crippen molar-refractivity contribution in [1.82, 2.24) is 0 Å². The van der Waals surface area contributed by atoms with E-state index in [9.17, 15) is 9.59 Å². The second kappa shape index (κ2) is 9.98. The number of amides is 1. The van der Waals surface area contributed by atoms with E-state index >= 15 is 0 Å². The van der Waals surface area contributed by atoms with Crippen molar-refractivity contribution in [3.05, 3.63) is 40.3 Å². The van der Waals surface area contributed by atoms with Crippen molar-refractivity contribution < 1.29 is 19.1 Å². The van der Waals surface area contributed by atoms with Crippen molar-refractivity contribution in [2.45, 2.75) is 43.9 Å². The molecule has 0 unspecified atom stereocenters. The van der Waals surface area contributed by atoms with E-state index in [4.69, 9.17) is 9.47 Å². The molecule has 5 nitrogen and oxygen atoms in total. The minimum Gasteiger partial charge on any atom is -0.497 e. The van der Waals surface area contributed by atoms with Crippen LogP contribution in [0.3, 0.4) is 0 Å². The number of methoxy groups -OCH3 is 1. The molecule has 0 atom stereocenters. The Labute approximate surface area is 173 Å². The molecular weight excluding hydrogens is 394 g/mol. The number of nitrogens with one attached hydrogen (secondary N) is 1. The third-order valence-electron chi connectivity index (χ3n) is 4.56. The normalized spacial score (nSPS) is 12.9. The minimum absolute atomic E-state index is 0.0786. The van der Waals surface area contributed by atoms with E-state index in [0.29, 0.717) is 29.3 Å². The Hall–Kier alpha value is -1.99. The standard InChI is InChI=1S/C21H25NO4S2/c1-3-26-21(24)19-16-6-4-5-7-17(16)28-20(19)22-18(23)12-13-27-15-10-8-14(25-2)9-11-15/h8-11H,3-7,12-13H2,1-2H3,(H,22,23). The van der Waals surface area contributed by atoms with Crippen LogP contribution < -0.4 is 10.1 Å². The Morgan fingerprint density at radius 3 is 2.64 bits per heavy atom. The number of hydrogen-bond acceptors (Lipinski definition) is 6. The van der Waals surface area contributed by atoms with Gasteiger partial charge in [-0.25, -0.2) is 4.79 Å². The first kappa shape index (κ1) is 20.7. The predicted molar refractivity (Wildman–Crippen MR) is 114 cm³/mol. The Morgan fingerprint density at radius 1 is 1.18 bits per heavy atom. The summed E-state index contributed by atoms with van der Waals surface area (Å²) < 4.78 is 10.4. The first-order valence-electron chi connectivity index (χ1n) is 9.50. The van der Waals surface area contributed by atoms with Crippen LogP contribution in [0.1, 0.15) is 47.0 Å². The summed E-state index contributed by atoms with van der Waals surface area (Å²) in [6.45, 7) is 2.13. The van der Waals surface area contributed by atoms with Crippen LogP contribution in [-0.2, 0) is 22.4 Å². The SMILES string of the molecule is CCOC(=O)c1c(NC(=O)CCSc2ccc(OC)cc2)sc2c1CCCC2. The fourth-order valence-corrected chi connectivity index (χ4v) is 5.34. The van der Waals surface area contributed by atoms with Gasteiger partial charge < -0.3 is 14.8 Å². The third-order valence-corrected chi connectivity index (χ3v) is 6.78. The van der Waals surface area contributed by atoms with Crippen molar-refractivity contribution in [3.63, 3.8) is 0 Å². The number of rotatable bonds is 8. The van der Waals surface area contributed by atoms with Crippen LogP contribution in [0, 0.1) is 0 Å². The summed E-state index contributed by atoms with van der Waals surface area (Å²) in [5.41, 5.74) is 1.63. The highest BCUT2D eigenvalue weighted by Gasteiger charge is 2.27. The number of fused-ring (bicyclic) bond motifs is 1. The van der Waals surface area contributed by atoms with E-state index < -0.39 is 0 Å². The highest BCUT2D eigenvalue weighted by molar-refractivity contribution is 7.99. The lowest BCUT2D eigenvalue weighted by Crippen LogP contribution is -2.16. The fraction of sp³-hybridized carbons (Fsp3) is 0.429.